The van der Waals surface area contributed by atoms with E-state index in [0.717, 1.165) is 22.9 Å². The Balaban J connectivity index is 1.40. The quantitative estimate of drug-likeness (QED) is 0.401. The second kappa shape index (κ2) is 11.7. The van der Waals surface area contributed by atoms with Crippen LogP contribution in [0.15, 0.2) is 46.9 Å². The van der Waals surface area contributed by atoms with Crippen LogP contribution in [0, 0.1) is 0 Å². The molecule has 2 aromatic rings. The number of nitrogens with zero attached hydrogens (tertiary/aromatic N) is 2. The number of likely N-dealkylation sites (tertiary alicyclic amines) is 2. The Morgan fingerprint density at radius 1 is 1.05 bits per heavy atom. The van der Waals surface area contributed by atoms with Crippen molar-refractivity contribution >= 4 is 51.3 Å². The highest BCUT2D eigenvalue weighted by Gasteiger charge is 2.39. The van der Waals surface area contributed by atoms with Crippen molar-refractivity contribution in [3.05, 3.63) is 62.5 Å². The van der Waals surface area contributed by atoms with Crippen LogP contribution < -0.4 is 10.1 Å². The summed E-state index contributed by atoms with van der Waals surface area (Å²) < 4.78 is 12.7. The molecule has 4 rings (SSSR count). The Hall–Kier alpha value is -2.16. The van der Waals surface area contributed by atoms with Crippen LogP contribution in [0.25, 0.3) is 0 Å². The van der Waals surface area contributed by atoms with Crippen LogP contribution in [0.2, 0.25) is 10.0 Å². The second-order valence-corrected chi connectivity index (χ2v) is 12.2. The van der Waals surface area contributed by atoms with Gasteiger partial charge in [-0.25, -0.2) is 9.59 Å². The van der Waals surface area contributed by atoms with Gasteiger partial charge in [-0.1, -0.05) is 51.3 Å². The highest BCUT2D eigenvalue weighted by Crippen LogP contribution is 2.34. The number of halogens is 3. The zero-order chi connectivity index (χ0) is 26.7. The maximum atomic E-state index is 13.2. The third kappa shape index (κ3) is 7.45. The molecule has 200 valence electrons. The molecular formula is C27H32BrCl2N3O4. The highest BCUT2D eigenvalue weighted by molar-refractivity contribution is 9.10. The standard InChI is InChI=1S/C27H32BrCl2N3O4/c1-27(2,3)37-26(35)33-15-19(13-24(33)17-6-8-18(28)9-7-17)31-25(34)32-12-4-5-21(16-32)36-20-10-11-22(29)23(30)14-20/h6-11,14,19,21,24H,4-5,12-13,15-16H2,1-3H3,(H,31,34). The molecular weight excluding hydrogens is 581 g/mol. The van der Waals surface area contributed by atoms with E-state index in [-0.39, 0.29) is 30.3 Å². The van der Waals surface area contributed by atoms with Gasteiger partial charge in [0, 0.05) is 23.6 Å². The van der Waals surface area contributed by atoms with Crippen LogP contribution in [0.4, 0.5) is 9.59 Å². The van der Waals surface area contributed by atoms with Gasteiger partial charge in [0.25, 0.3) is 0 Å². The molecule has 2 aliphatic rings. The molecule has 2 heterocycles. The summed E-state index contributed by atoms with van der Waals surface area (Å²) in [6.45, 7) is 7.03. The molecule has 3 atom stereocenters. The molecule has 3 unspecified atom stereocenters. The lowest BCUT2D eigenvalue weighted by atomic mass is 10.0. The van der Waals surface area contributed by atoms with E-state index in [1.165, 1.54) is 0 Å². The van der Waals surface area contributed by atoms with Gasteiger partial charge < -0.3 is 19.7 Å². The molecule has 0 spiro atoms. The van der Waals surface area contributed by atoms with Crippen LogP contribution in [0.5, 0.6) is 5.75 Å². The number of urea groups is 1. The Kier molecular flexibility index (Phi) is 8.81. The fourth-order valence-electron chi connectivity index (χ4n) is 4.69. The van der Waals surface area contributed by atoms with E-state index in [9.17, 15) is 9.59 Å². The molecule has 0 aliphatic carbocycles. The van der Waals surface area contributed by atoms with Gasteiger partial charge in [0.2, 0.25) is 0 Å². The molecule has 10 heteroatoms. The molecule has 2 aromatic carbocycles. The van der Waals surface area contributed by atoms with E-state index >= 15 is 0 Å². The number of rotatable bonds is 4. The molecule has 2 saturated heterocycles. The molecule has 0 bridgehead atoms. The van der Waals surface area contributed by atoms with Gasteiger partial charge in [0.15, 0.2) is 0 Å². The first kappa shape index (κ1) is 27.9. The molecule has 2 fully saturated rings. The van der Waals surface area contributed by atoms with Crippen molar-refractivity contribution in [2.45, 2.75) is 63.8 Å². The molecule has 0 saturated carbocycles. The molecule has 37 heavy (non-hydrogen) atoms. The summed E-state index contributed by atoms with van der Waals surface area (Å²) in [4.78, 5) is 29.8. The zero-order valence-electron chi connectivity index (χ0n) is 21.2. The number of carbonyl (C=O) groups excluding carboxylic acids is 2. The number of benzene rings is 2. The lowest BCUT2D eigenvalue weighted by Crippen LogP contribution is -2.51. The maximum absolute atomic E-state index is 13.2. The van der Waals surface area contributed by atoms with Gasteiger partial charge in [-0.3, -0.25) is 4.90 Å². The molecule has 3 amide bonds. The van der Waals surface area contributed by atoms with Gasteiger partial charge in [-0.15, -0.1) is 0 Å². The fraction of sp³-hybridized carbons (Fsp3) is 0.481. The Morgan fingerprint density at radius 3 is 2.46 bits per heavy atom. The SMILES string of the molecule is CC(C)(C)OC(=O)N1CC(NC(=O)N2CCCC(Oc3ccc(Cl)c(Cl)c3)C2)CC1c1ccc(Br)cc1. The summed E-state index contributed by atoms with van der Waals surface area (Å²) in [5.74, 6) is 0.628. The molecule has 2 aliphatic heterocycles. The van der Waals surface area contributed by atoms with Crippen molar-refractivity contribution in [2.24, 2.45) is 0 Å². The Morgan fingerprint density at radius 2 is 1.78 bits per heavy atom. The first-order valence-electron chi connectivity index (χ1n) is 12.4. The molecule has 0 radical (unpaired) electrons. The summed E-state index contributed by atoms with van der Waals surface area (Å²) in [6.07, 6.45) is 1.74. The fourth-order valence-corrected chi connectivity index (χ4v) is 5.24. The highest BCUT2D eigenvalue weighted by atomic mass is 79.9. The summed E-state index contributed by atoms with van der Waals surface area (Å²) in [6, 6.07) is 12.5. The van der Waals surface area contributed by atoms with Crippen molar-refractivity contribution in [3.8, 4) is 5.75 Å². The van der Waals surface area contributed by atoms with E-state index in [1.54, 1.807) is 28.0 Å². The third-order valence-electron chi connectivity index (χ3n) is 6.37. The first-order valence-corrected chi connectivity index (χ1v) is 14.0. The number of amides is 3. The monoisotopic (exact) mass is 611 g/mol. The average molecular weight is 613 g/mol. The topological polar surface area (TPSA) is 71.1 Å². The van der Waals surface area contributed by atoms with Crippen LogP contribution >= 0.6 is 39.1 Å². The average Bonchev–Trinajstić information content (AvgIpc) is 3.25. The second-order valence-electron chi connectivity index (χ2n) is 10.5. The minimum absolute atomic E-state index is 0.144. The van der Waals surface area contributed by atoms with E-state index in [0.29, 0.717) is 41.8 Å². The summed E-state index contributed by atoms with van der Waals surface area (Å²) >= 11 is 15.6. The third-order valence-corrected chi connectivity index (χ3v) is 7.64. The summed E-state index contributed by atoms with van der Waals surface area (Å²) in [5, 5.41) is 4.04. The lowest BCUT2D eigenvalue weighted by molar-refractivity contribution is 0.0221. The smallest absolute Gasteiger partial charge is 0.410 e. The van der Waals surface area contributed by atoms with Crippen LogP contribution in [0.1, 0.15) is 51.6 Å². The number of hydrogen-bond donors (Lipinski definition) is 1. The van der Waals surface area contributed by atoms with Gasteiger partial charge in [-0.2, -0.15) is 0 Å². The number of nitrogens with one attached hydrogen (secondary N) is 1. The van der Waals surface area contributed by atoms with Crippen molar-refractivity contribution in [3.63, 3.8) is 0 Å². The summed E-state index contributed by atoms with van der Waals surface area (Å²) in [5.41, 5.74) is 0.388. The lowest BCUT2D eigenvalue weighted by Gasteiger charge is -2.33. The maximum Gasteiger partial charge on any atom is 0.410 e. The largest absolute Gasteiger partial charge is 0.489 e. The Labute approximate surface area is 236 Å². The predicted molar refractivity (Wildman–Crippen MR) is 148 cm³/mol. The van der Waals surface area contributed by atoms with Crippen molar-refractivity contribution in [2.75, 3.05) is 19.6 Å². The predicted octanol–water partition coefficient (Wildman–Crippen LogP) is 7.06. The normalized spacial score (nSPS) is 22.1. The van der Waals surface area contributed by atoms with Gasteiger partial charge >= 0.3 is 12.1 Å². The van der Waals surface area contributed by atoms with Gasteiger partial charge in [0.1, 0.15) is 17.5 Å². The minimum Gasteiger partial charge on any atom is -0.489 e. The number of piperidine rings is 1. The molecule has 1 N–H and O–H groups in total. The number of ether oxygens (including phenoxy) is 2. The minimum atomic E-state index is -0.611. The van der Waals surface area contributed by atoms with Crippen molar-refractivity contribution in [1.82, 2.24) is 15.1 Å². The summed E-state index contributed by atoms with van der Waals surface area (Å²) in [7, 11) is 0. The van der Waals surface area contributed by atoms with Crippen molar-refractivity contribution < 1.29 is 19.1 Å². The number of hydrogen-bond acceptors (Lipinski definition) is 4. The molecule has 0 aromatic heterocycles. The number of carbonyl (C=O) groups is 2. The van der Waals surface area contributed by atoms with E-state index in [4.69, 9.17) is 32.7 Å². The van der Waals surface area contributed by atoms with Crippen LogP contribution in [-0.2, 0) is 4.74 Å². The van der Waals surface area contributed by atoms with Crippen LogP contribution in [-0.4, -0.2) is 59.3 Å². The Bertz CT molecular complexity index is 1130. The van der Waals surface area contributed by atoms with Crippen molar-refractivity contribution in [1.29, 1.82) is 0 Å². The van der Waals surface area contributed by atoms with Crippen LogP contribution in [0.3, 0.4) is 0 Å². The van der Waals surface area contributed by atoms with Gasteiger partial charge in [-0.05, 0) is 69.9 Å². The molecule has 7 nitrogen and oxygen atoms in total. The zero-order valence-corrected chi connectivity index (χ0v) is 24.3. The van der Waals surface area contributed by atoms with E-state index in [2.05, 4.69) is 21.2 Å². The van der Waals surface area contributed by atoms with Gasteiger partial charge in [0.05, 0.1) is 28.7 Å². The first-order chi connectivity index (χ1) is 17.5. The van der Waals surface area contributed by atoms with E-state index in [1.807, 2.05) is 45.0 Å². The van der Waals surface area contributed by atoms with E-state index < -0.39 is 5.60 Å².